The number of nitrogens with one attached hydrogen (secondary N) is 2. The molecule has 2 aromatic carbocycles. The van der Waals surface area contributed by atoms with E-state index >= 15 is 0 Å². The predicted molar refractivity (Wildman–Crippen MR) is 97.8 cm³/mol. The number of carbonyl (C=O) groups excluding carboxylic acids is 2. The van der Waals surface area contributed by atoms with Gasteiger partial charge in [0.1, 0.15) is 6.04 Å². The van der Waals surface area contributed by atoms with E-state index in [0.717, 1.165) is 36.3 Å². The Morgan fingerprint density at radius 2 is 2.04 bits per heavy atom. The number of hydrogen-bond donors (Lipinski definition) is 2. The van der Waals surface area contributed by atoms with E-state index in [9.17, 15) is 9.59 Å². The zero-order valence-electron chi connectivity index (χ0n) is 14.2. The molecule has 0 bridgehead atoms. The quantitative estimate of drug-likeness (QED) is 0.906. The minimum Gasteiger partial charge on any atom is -0.358 e. The lowest BCUT2D eigenvalue weighted by Gasteiger charge is -2.33. The van der Waals surface area contributed by atoms with Crippen LogP contribution in [0.4, 0.5) is 11.4 Å². The van der Waals surface area contributed by atoms with E-state index < -0.39 is 0 Å². The average molecular weight is 335 g/mol. The van der Waals surface area contributed by atoms with Gasteiger partial charge in [-0.3, -0.25) is 9.59 Å². The maximum atomic E-state index is 12.6. The van der Waals surface area contributed by atoms with Crippen LogP contribution in [-0.4, -0.2) is 24.4 Å². The third-order valence-electron chi connectivity index (χ3n) is 5.03. The minimum atomic E-state index is -0.142. The summed E-state index contributed by atoms with van der Waals surface area (Å²) in [6.07, 6.45) is 1.91. The molecule has 2 atom stereocenters. The molecule has 0 aromatic heterocycles. The molecule has 2 heterocycles. The summed E-state index contributed by atoms with van der Waals surface area (Å²) in [6, 6.07) is 15.3. The van der Waals surface area contributed by atoms with Crippen LogP contribution in [-0.2, 0) is 4.79 Å². The van der Waals surface area contributed by atoms with Crippen LogP contribution in [0.1, 0.15) is 41.7 Å². The van der Waals surface area contributed by atoms with Gasteiger partial charge in [-0.15, -0.1) is 0 Å². The normalized spacial score (nSPS) is 19.6. The maximum absolute atomic E-state index is 12.6. The highest BCUT2D eigenvalue weighted by Gasteiger charge is 2.36. The van der Waals surface area contributed by atoms with Crippen molar-refractivity contribution in [1.82, 2.24) is 5.32 Å². The van der Waals surface area contributed by atoms with E-state index in [-0.39, 0.29) is 23.9 Å². The largest absolute Gasteiger partial charge is 0.358 e. The third-order valence-corrected chi connectivity index (χ3v) is 5.03. The minimum absolute atomic E-state index is 0.0280. The van der Waals surface area contributed by atoms with Gasteiger partial charge in [0, 0.05) is 12.1 Å². The van der Waals surface area contributed by atoms with Crippen molar-refractivity contribution in [3.63, 3.8) is 0 Å². The second kappa shape index (κ2) is 6.24. The molecule has 4 rings (SSSR count). The molecule has 2 aliphatic rings. The van der Waals surface area contributed by atoms with Crippen LogP contribution in [0.2, 0.25) is 0 Å². The molecule has 2 N–H and O–H groups in total. The summed E-state index contributed by atoms with van der Waals surface area (Å²) in [5, 5.41) is 5.96. The summed E-state index contributed by atoms with van der Waals surface area (Å²) < 4.78 is 0. The molecule has 2 aliphatic heterocycles. The Hall–Kier alpha value is -2.82. The summed E-state index contributed by atoms with van der Waals surface area (Å²) >= 11 is 0. The fourth-order valence-corrected chi connectivity index (χ4v) is 3.68. The van der Waals surface area contributed by atoms with Crippen molar-refractivity contribution in [2.45, 2.75) is 31.8 Å². The number of carbonyl (C=O) groups is 2. The predicted octanol–water partition coefficient (Wildman–Crippen LogP) is 3.10. The molecule has 2 aromatic rings. The summed E-state index contributed by atoms with van der Waals surface area (Å²) in [5.41, 5.74) is 3.35. The van der Waals surface area contributed by atoms with Crippen molar-refractivity contribution < 1.29 is 9.59 Å². The van der Waals surface area contributed by atoms with Gasteiger partial charge in [0.2, 0.25) is 5.91 Å². The van der Waals surface area contributed by atoms with Crippen LogP contribution in [0.5, 0.6) is 0 Å². The summed E-state index contributed by atoms with van der Waals surface area (Å²) in [7, 11) is 0. The lowest BCUT2D eigenvalue weighted by Crippen LogP contribution is -2.44. The highest BCUT2D eigenvalue weighted by molar-refractivity contribution is 6.06. The Kier molecular flexibility index (Phi) is 3.92. The van der Waals surface area contributed by atoms with Crippen molar-refractivity contribution >= 4 is 23.2 Å². The molecule has 5 nitrogen and oxygen atoms in total. The van der Waals surface area contributed by atoms with Gasteiger partial charge in [-0.2, -0.15) is 0 Å². The molecule has 0 radical (unpaired) electrons. The Morgan fingerprint density at radius 1 is 1.24 bits per heavy atom. The van der Waals surface area contributed by atoms with E-state index in [1.54, 1.807) is 6.07 Å². The van der Waals surface area contributed by atoms with Gasteiger partial charge in [0.25, 0.3) is 5.91 Å². The van der Waals surface area contributed by atoms with E-state index in [2.05, 4.69) is 15.5 Å². The zero-order valence-corrected chi connectivity index (χ0v) is 14.2. The Balaban J connectivity index is 1.55. The van der Waals surface area contributed by atoms with Crippen molar-refractivity contribution in [3.8, 4) is 0 Å². The molecule has 2 amide bonds. The molecule has 0 aliphatic carbocycles. The fourth-order valence-electron chi connectivity index (χ4n) is 3.68. The molecule has 0 unspecified atom stereocenters. The number of fused-ring (bicyclic) bond motifs is 3. The zero-order chi connectivity index (χ0) is 17.4. The van der Waals surface area contributed by atoms with Crippen LogP contribution in [0.15, 0.2) is 48.5 Å². The van der Waals surface area contributed by atoms with Crippen molar-refractivity contribution in [2.24, 2.45) is 0 Å². The Morgan fingerprint density at radius 3 is 2.84 bits per heavy atom. The van der Waals surface area contributed by atoms with Gasteiger partial charge in [-0.25, -0.2) is 0 Å². The lowest BCUT2D eigenvalue weighted by atomic mass is 10.1. The van der Waals surface area contributed by atoms with Crippen LogP contribution in [0.3, 0.4) is 0 Å². The van der Waals surface area contributed by atoms with Crippen LogP contribution in [0, 0.1) is 0 Å². The SMILES string of the molecule is C[C@H](NC(=O)c1ccc2c(c1)NC(=O)[C@H]1CCCN21)c1ccccc1. The van der Waals surface area contributed by atoms with E-state index in [0.29, 0.717) is 5.56 Å². The number of benzene rings is 2. The number of nitrogens with zero attached hydrogens (tertiary/aromatic N) is 1. The van der Waals surface area contributed by atoms with Crippen molar-refractivity contribution in [2.75, 3.05) is 16.8 Å². The van der Waals surface area contributed by atoms with Crippen molar-refractivity contribution in [3.05, 3.63) is 59.7 Å². The first-order valence-electron chi connectivity index (χ1n) is 8.71. The van der Waals surface area contributed by atoms with Gasteiger partial charge in [0.15, 0.2) is 0 Å². The molecule has 0 saturated carbocycles. The molecule has 5 heteroatoms. The van der Waals surface area contributed by atoms with Crippen LogP contribution >= 0.6 is 0 Å². The first-order chi connectivity index (χ1) is 12.1. The van der Waals surface area contributed by atoms with Crippen molar-refractivity contribution in [1.29, 1.82) is 0 Å². The average Bonchev–Trinajstić information content (AvgIpc) is 3.12. The van der Waals surface area contributed by atoms with Crippen LogP contribution < -0.4 is 15.5 Å². The number of hydrogen-bond acceptors (Lipinski definition) is 3. The number of amides is 2. The first kappa shape index (κ1) is 15.7. The second-order valence-corrected chi connectivity index (χ2v) is 6.68. The van der Waals surface area contributed by atoms with Gasteiger partial charge in [0.05, 0.1) is 17.4 Å². The Bertz CT molecular complexity index is 819. The maximum Gasteiger partial charge on any atom is 0.251 e. The monoisotopic (exact) mass is 335 g/mol. The molecule has 128 valence electrons. The van der Waals surface area contributed by atoms with Gasteiger partial charge < -0.3 is 15.5 Å². The fraction of sp³-hybridized carbons (Fsp3) is 0.300. The Labute approximate surface area is 147 Å². The topological polar surface area (TPSA) is 61.4 Å². The second-order valence-electron chi connectivity index (χ2n) is 6.68. The molecule has 0 spiro atoms. The van der Waals surface area contributed by atoms with Gasteiger partial charge in [-0.05, 0) is 43.5 Å². The van der Waals surface area contributed by atoms with Gasteiger partial charge in [-0.1, -0.05) is 30.3 Å². The summed E-state index contributed by atoms with van der Waals surface area (Å²) in [5.74, 6) is -0.114. The lowest BCUT2D eigenvalue weighted by molar-refractivity contribution is -0.117. The molecule has 1 saturated heterocycles. The molecular weight excluding hydrogens is 314 g/mol. The summed E-state index contributed by atoms with van der Waals surface area (Å²) in [4.78, 5) is 27.0. The van der Waals surface area contributed by atoms with E-state index in [1.165, 1.54) is 0 Å². The third kappa shape index (κ3) is 2.86. The smallest absolute Gasteiger partial charge is 0.251 e. The van der Waals surface area contributed by atoms with E-state index in [4.69, 9.17) is 0 Å². The molecular formula is C20H21N3O2. The number of anilines is 2. The number of rotatable bonds is 3. The molecule has 25 heavy (non-hydrogen) atoms. The van der Waals surface area contributed by atoms with Gasteiger partial charge >= 0.3 is 0 Å². The van der Waals surface area contributed by atoms with Crippen LogP contribution in [0.25, 0.3) is 0 Å². The first-order valence-corrected chi connectivity index (χ1v) is 8.71. The highest BCUT2D eigenvalue weighted by Crippen LogP contribution is 2.37. The highest BCUT2D eigenvalue weighted by atomic mass is 16.2. The molecule has 1 fully saturated rings. The van der Waals surface area contributed by atoms with E-state index in [1.807, 2.05) is 49.4 Å². The standard InChI is InChI=1S/C20H21N3O2/c1-13(14-6-3-2-4-7-14)21-19(24)15-9-10-17-16(12-15)22-20(25)18-8-5-11-23(17)18/h2-4,6-7,9-10,12-13,18H,5,8,11H2,1H3,(H,21,24)(H,22,25)/t13-,18+/m0/s1. The summed E-state index contributed by atoms with van der Waals surface area (Å²) in [6.45, 7) is 2.85.